The van der Waals surface area contributed by atoms with E-state index in [-0.39, 0.29) is 6.03 Å². The van der Waals surface area contributed by atoms with Gasteiger partial charge in [-0.15, -0.1) is 0 Å². The van der Waals surface area contributed by atoms with Crippen molar-refractivity contribution in [3.8, 4) is 5.75 Å². The first-order valence-electron chi connectivity index (χ1n) is 11.2. The van der Waals surface area contributed by atoms with Crippen LogP contribution in [0.2, 0.25) is 0 Å². The smallest absolute Gasteiger partial charge is 0.333 e. The Bertz CT molecular complexity index is 871. The lowest BCUT2D eigenvalue weighted by Gasteiger charge is -2.24. The van der Waals surface area contributed by atoms with Gasteiger partial charge in [0, 0.05) is 29.7 Å². The number of urea groups is 1. The Labute approximate surface area is 204 Å². The number of amides is 2. The first-order chi connectivity index (χ1) is 15.8. The van der Waals surface area contributed by atoms with Gasteiger partial charge in [-0.05, 0) is 61.2 Å². The van der Waals surface area contributed by atoms with Gasteiger partial charge in [0.25, 0.3) is 0 Å². The second-order valence-corrected chi connectivity index (χ2v) is 9.00. The van der Waals surface area contributed by atoms with Crippen LogP contribution in [-0.2, 0) is 16.0 Å². The Hall–Kier alpha value is -2.58. The fourth-order valence-electron chi connectivity index (χ4n) is 3.09. The Kier molecular flexibility index (Phi) is 11.2. The number of nitrogens with zero attached hydrogens (tertiary/aromatic N) is 1. The second kappa shape index (κ2) is 13.9. The maximum atomic E-state index is 12.8. The summed E-state index contributed by atoms with van der Waals surface area (Å²) in [5.41, 5.74) is 1.59. The van der Waals surface area contributed by atoms with E-state index in [2.05, 4.69) is 35.1 Å². The fraction of sp³-hybridized carbons (Fsp3) is 0.440. The fourth-order valence-corrected chi connectivity index (χ4v) is 3.36. The molecule has 0 fully saturated rings. The van der Waals surface area contributed by atoms with Gasteiger partial charge in [-0.25, -0.2) is 9.59 Å². The average molecular weight is 521 g/mol. The number of benzene rings is 2. The number of hydrogen-bond donors (Lipinski definition) is 2. The predicted octanol–water partition coefficient (Wildman–Crippen LogP) is 5.44. The molecule has 2 N–H and O–H groups in total. The zero-order valence-corrected chi connectivity index (χ0v) is 21.0. The third-order valence-electron chi connectivity index (χ3n) is 4.98. The minimum absolute atomic E-state index is 0.160. The van der Waals surface area contributed by atoms with Gasteiger partial charge in [0.05, 0.1) is 6.54 Å². The van der Waals surface area contributed by atoms with E-state index in [1.165, 1.54) is 0 Å². The minimum atomic E-state index is -0.972. The Morgan fingerprint density at radius 1 is 1.06 bits per heavy atom. The van der Waals surface area contributed by atoms with Crippen molar-refractivity contribution in [2.75, 3.05) is 31.6 Å². The molecule has 2 rings (SSSR count). The standard InChI is InChI=1S/C25H33BrN2O5/c1-4-32-23(24(29)30)17-19-5-11-22(12-6-19)33-16-15-28(14-13-18(2)3)25(31)27-21-9-7-20(26)8-10-21/h5-12,18,23H,4,13-17H2,1-3H3,(H,27,31)(H,29,30). The molecule has 1 atom stereocenters. The van der Waals surface area contributed by atoms with E-state index in [1.807, 2.05) is 36.4 Å². The second-order valence-electron chi connectivity index (χ2n) is 8.09. The van der Waals surface area contributed by atoms with Gasteiger partial charge in [0.2, 0.25) is 0 Å². The van der Waals surface area contributed by atoms with E-state index in [0.717, 1.165) is 22.1 Å². The van der Waals surface area contributed by atoms with Crippen molar-refractivity contribution in [3.05, 3.63) is 58.6 Å². The summed E-state index contributed by atoms with van der Waals surface area (Å²) in [5.74, 6) is 0.173. The lowest BCUT2D eigenvalue weighted by atomic mass is 10.1. The van der Waals surface area contributed by atoms with Crippen molar-refractivity contribution in [3.63, 3.8) is 0 Å². The number of hydrogen-bond acceptors (Lipinski definition) is 4. The molecule has 1 unspecified atom stereocenters. The molecule has 0 aliphatic carbocycles. The highest BCUT2D eigenvalue weighted by molar-refractivity contribution is 9.10. The zero-order chi connectivity index (χ0) is 24.2. The van der Waals surface area contributed by atoms with Gasteiger partial charge in [0.15, 0.2) is 6.10 Å². The molecule has 0 aliphatic rings. The maximum absolute atomic E-state index is 12.8. The molecule has 2 amide bonds. The maximum Gasteiger partial charge on any atom is 0.333 e. The number of nitrogens with one attached hydrogen (secondary N) is 1. The van der Waals surface area contributed by atoms with E-state index in [4.69, 9.17) is 9.47 Å². The van der Waals surface area contributed by atoms with Gasteiger partial charge < -0.3 is 24.8 Å². The number of ether oxygens (including phenoxy) is 2. The van der Waals surface area contributed by atoms with E-state index in [0.29, 0.717) is 44.4 Å². The molecule has 33 heavy (non-hydrogen) atoms. The topological polar surface area (TPSA) is 88.1 Å². The van der Waals surface area contributed by atoms with Crippen LogP contribution < -0.4 is 10.1 Å². The van der Waals surface area contributed by atoms with Crippen LogP contribution in [0.1, 0.15) is 32.8 Å². The van der Waals surface area contributed by atoms with Crippen LogP contribution in [-0.4, -0.2) is 54.4 Å². The molecule has 0 aliphatic heterocycles. The summed E-state index contributed by atoms with van der Waals surface area (Å²) < 4.78 is 12.1. The highest BCUT2D eigenvalue weighted by Crippen LogP contribution is 2.16. The molecule has 180 valence electrons. The molecule has 8 heteroatoms. The van der Waals surface area contributed by atoms with Gasteiger partial charge in [-0.1, -0.05) is 41.9 Å². The van der Waals surface area contributed by atoms with Crippen molar-refractivity contribution in [1.82, 2.24) is 4.90 Å². The lowest BCUT2D eigenvalue weighted by molar-refractivity contribution is -0.149. The first kappa shape index (κ1) is 26.7. The predicted molar refractivity (Wildman–Crippen MR) is 133 cm³/mol. The summed E-state index contributed by atoms with van der Waals surface area (Å²) in [4.78, 5) is 25.8. The number of carboxylic acid groups (broad SMARTS) is 1. The van der Waals surface area contributed by atoms with Crippen LogP contribution in [0.25, 0.3) is 0 Å². The van der Waals surface area contributed by atoms with Crippen LogP contribution >= 0.6 is 15.9 Å². The molecular formula is C25H33BrN2O5. The van der Waals surface area contributed by atoms with Crippen LogP contribution in [0, 0.1) is 5.92 Å². The number of rotatable bonds is 13. The SMILES string of the molecule is CCOC(Cc1ccc(OCCN(CCC(C)C)C(=O)Nc2ccc(Br)cc2)cc1)C(=O)O. The molecular weight excluding hydrogens is 488 g/mol. The summed E-state index contributed by atoms with van der Waals surface area (Å²) in [6, 6.07) is 14.6. The molecule has 2 aromatic rings. The molecule has 0 saturated heterocycles. The number of aliphatic carboxylic acids is 1. The molecule has 0 radical (unpaired) electrons. The van der Waals surface area contributed by atoms with Crippen LogP contribution in [0.5, 0.6) is 5.75 Å². The first-order valence-corrected chi connectivity index (χ1v) is 12.0. The summed E-state index contributed by atoms with van der Waals surface area (Å²) >= 11 is 3.39. The average Bonchev–Trinajstić information content (AvgIpc) is 2.78. The third-order valence-corrected chi connectivity index (χ3v) is 5.51. The molecule has 2 aromatic carbocycles. The monoisotopic (exact) mass is 520 g/mol. The molecule has 7 nitrogen and oxygen atoms in total. The highest BCUT2D eigenvalue weighted by Gasteiger charge is 2.18. The largest absolute Gasteiger partial charge is 0.492 e. The van der Waals surface area contributed by atoms with Crippen LogP contribution in [0.15, 0.2) is 53.0 Å². The summed E-state index contributed by atoms with van der Waals surface area (Å²) in [6.07, 6.45) is 0.330. The third kappa shape index (κ3) is 9.84. The van der Waals surface area contributed by atoms with Crippen molar-refractivity contribution >= 4 is 33.6 Å². The number of halogens is 1. The number of carboxylic acids is 1. The van der Waals surface area contributed by atoms with Gasteiger partial charge in [0.1, 0.15) is 12.4 Å². The molecule has 0 saturated carbocycles. The molecule has 0 heterocycles. The van der Waals surface area contributed by atoms with Gasteiger partial charge in [-0.3, -0.25) is 0 Å². The van der Waals surface area contributed by atoms with Crippen molar-refractivity contribution in [2.24, 2.45) is 5.92 Å². The van der Waals surface area contributed by atoms with Crippen molar-refractivity contribution in [2.45, 2.75) is 39.7 Å². The number of carbonyl (C=O) groups excluding carboxylic acids is 1. The van der Waals surface area contributed by atoms with Crippen molar-refractivity contribution in [1.29, 1.82) is 0 Å². The molecule has 0 aromatic heterocycles. The lowest BCUT2D eigenvalue weighted by Crippen LogP contribution is -2.39. The van der Waals surface area contributed by atoms with E-state index in [9.17, 15) is 14.7 Å². The van der Waals surface area contributed by atoms with Crippen LogP contribution in [0.3, 0.4) is 0 Å². The molecule has 0 spiro atoms. The van der Waals surface area contributed by atoms with Gasteiger partial charge in [-0.2, -0.15) is 0 Å². The summed E-state index contributed by atoms with van der Waals surface area (Å²) in [5, 5.41) is 12.2. The Morgan fingerprint density at radius 2 is 1.73 bits per heavy atom. The van der Waals surface area contributed by atoms with Crippen molar-refractivity contribution < 1.29 is 24.2 Å². The number of anilines is 1. The Morgan fingerprint density at radius 3 is 2.30 bits per heavy atom. The summed E-state index contributed by atoms with van der Waals surface area (Å²) in [7, 11) is 0. The summed E-state index contributed by atoms with van der Waals surface area (Å²) in [6.45, 7) is 7.81. The van der Waals surface area contributed by atoms with Gasteiger partial charge >= 0.3 is 12.0 Å². The Balaban J connectivity index is 1.90. The van der Waals surface area contributed by atoms with E-state index >= 15 is 0 Å². The minimum Gasteiger partial charge on any atom is -0.492 e. The van der Waals surface area contributed by atoms with Crippen LogP contribution in [0.4, 0.5) is 10.5 Å². The zero-order valence-electron chi connectivity index (χ0n) is 19.4. The normalized spacial score (nSPS) is 11.8. The molecule has 0 bridgehead atoms. The quantitative estimate of drug-likeness (QED) is 0.367. The highest BCUT2D eigenvalue weighted by atomic mass is 79.9. The van der Waals surface area contributed by atoms with E-state index < -0.39 is 12.1 Å². The van der Waals surface area contributed by atoms with E-state index in [1.54, 1.807) is 24.0 Å². The number of carbonyl (C=O) groups is 2.